The van der Waals surface area contributed by atoms with Crippen LogP contribution >= 0.6 is 0 Å². The molecule has 3 N–H and O–H groups in total. The molecule has 1 heterocycles. The van der Waals surface area contributed by atoms with Gasteiger partial charge in [0.2, 0.25) is 0 Å². The van der Waals surface area contributed by atoms with Gasteiger partial charge < -0.3 is 24.7 Å². The number of carbonyl (C=O) groups excluding carboxylic acids is 1. The minimum absolute atomic E-state index is 0.179. The number of benzene rings is 2. The van der Waals surface area contributed by atoms with E-state index in [2.05, 4.69) is 5.32 Å². The maximum atomic E-state index is 11.7. The molecule has 0 aliphatic rings. The Hall–Kier alpha value is -2.83. The van der Waals surface area contributed by atoms with Crippen LogP contribution < -0.4 is 5.32 Å². The van der Waals surface area contributed by atoms with Gasteiger partial charge in [-0.25, -0.2) is 4.79 Å². The molecule has 0 aliphatic heterocycles. The highest BCUT2D eigenvalue weighted by Gasteiger charge is 2.22. The molecule has 136 valence electrons. The molecule has 2 aromatic carbocycles. The number of para-hydroxylation sites is 1. The number of carbonyl (C=O) groups is 1. The lowest BCUT2D eigenvalue weighted by Gasteiger charge is -2.17. The van der Waals surface area contributed by atoms with Crippen molar-refractivity contribution in [1.29, 1.82) is 0 Å². The van der Waals surface area contributed by atoms with E-state index in [4.69, 9.17) is 9.15 Å². The van der Waals surface area contributed by atoms with Gasteiger partial charge in [-0.15, -0.1) is 0 Å². The molecule has 2 unspecified atom stereocenters. The van der Waals surface area contributed by atoms with Gasteiger partial charge in [0.1, 0.15) is 18.3 Å². The highest BCUT2D eigenvalue weighted by atomic mass is 16.5. The molecular weight excluding hydrogens is 334 g/mol. The molecule has 0 spiro atoms. The van der Waals surface area contributed by atoms with E-state index in [9.17, 15) is 15.0 Å². The molecular formula is C20H21NO5. The van der Waals surface area contributed by atoms with Gasteiger partial charge in [0.05, 0.1) is 12.4 Å². The van der Waals surface area contributed by atoms with Crippen LogP contribution in [0.3, 0.4) is 0 Å². The second-order valence-corrected chi connectivity index (χ2v) is 5.98. The van der Waals surface area contributed by atoms with E-state index in [-0.39, 0.29) is 19.6 Å². The van der Waals surface area contributed by atoms with Crippen LogP contribution in [-0.4, -0.2) is 29.0 Å². The Bertz CT molecular complexity index is 846. The van der Waals surface area contributed by atoms with Gasteiger partial charge in [-0.3, -0.25) is 0 Å². The molecule has 6 heteroatoms. The van der Waals surface area contributed by atoms with Crippen molar-refractivity contribution in [3.05, 3.63) is 72.0 Å². The van der Waals surface area contributed by atoms with Gasteiger partial charge in [-0.1, -0.05) is 48.5 Å². The third-order valence-electron chi connectivity index (χ3n) is 4.12. The summed E-state index contributed by atoms with van der Waals surface area (Å²) in [6, 6.07) is 16.6. The fourth-order valence-electron chi connectivity index (χ4n) is 2.69. The van der Waals surface area contributed by atoms with E-state index >= 15 is 0 Å². The molecule has 0 radical (unpaired) electrons. The van der Waals surface area contributed by atoms with Gasteiger partial charge in [0, 0.05) is 17.5 Å². The number of furan rings is 1. The maximum absolute atomic E-state index is 11.7. The van der Waals surface area contributed by atoms with Crippen molar-refractivity contribution in [3.63, 3.8) is 0 Å². The van der Waals surface area contributed by atoms with E-state index < -0.39 is 18.3 Å². The average molecular weight is 355 g/mol. The first-order chi connectivity index (χ1) is 12.6. The van der Waals surface area contributed by atoms with Crippen molar-refractivity contribution in [3.8, 4) is 0 Å². The van der Waals surface area contributed by atoms with Crippen LogP contribution in [0, 0.1) is 0 Å². The molecule has 1 amide bonds. The van der Waals surface area contributed by atoms with Gasteiger partial charge in [0.25, 0.3) is 0 Å². The zero-order chi connectivity index (χ0) is 18.4. The maximum Gasteiger partial charge on any atom is 0.407 e. The first kappa shape index (κ1) is 18.0. The van der Waals surface area contributed by atoms with E-state index in [0.29, 0.717) is 11.1 Å². The van der Waals surface area contributed by atoms with Crippen LogP contribution in [0.1, 0.15) is 23.7 Å². The van der Waals surface area contributed by atoms with Crippen LogP contribution in [0.15, 0.2) is 65.3 Å². The van der Waals surface area contributed by atoms with Crippen molar-refractivity contribution in [1.82, 2.24) is 5.32 Å². The van der Waals surface area contributed by atoms with Gasteiger partial charge in [-0.05, 0) is 18.1 Å². The fourth-order valence-corrected chi connectivity index (χ4v) is 2.69. The third-order valence-corrected chi connectivity index (χ3v) is 4.12. The predicted octanol–water partition coefficient (Wildman–Crippen LogP) is 3.14. The molecule has 0 aliphatic carbocycles. The summed E-state index contributed by atoms with van der Waals surface area (Å²) in [7, 11) is 0. The van der Waals surface area contributed by atoms with E-state index in [1.54, 1.807) is 6.07 Å². The van der Waals surface area contributed by atoms with Crippen LogP contribution in [0.4, 0.5) is 4.79 Å². The Morgan fingerprint density at radius 1 is 1.08 bits per heavy atom. The van der Waals surface area contributed by atoms with Crippen LogP contribution in [0.2, 0.25) is 0 Å². The predicted molar refractivity (Wildman–Crippen MR) is 96.4 cm³/mol. The lowest BCUT2D eigenvalue weighted by molar-refractivity contribution is 0.0140. The smallest absolute Gasteiger partial charge is 0.407 e. The number of nitrogens with one attached hydrogen (secondary N) is 1. The Morgan fingerprint density at radius 2 is 1.81 bits per heavy atom. The van der Waals surface area contributed by atoms with Crippen molar-refractivity contribution in [2.45, 2.75) is 25.2 Å². The summed E-state index contributed by atoms with van der Waals surface area (Å²) >= 11 is 0. The number of amides is 1. The number of aliphatic hydroxyl groups is 2. The summed E-state index contributed by atoms with van der Waals surface area (Å²) in [5.41, 5.74) is 2.07. The number of alkyl carbamates (subject to hydrolysis) is 1. The van der Waals surface area contributed by atoms with Crippen LogP contribution in [0.5, 0.6) is 0 Å². The van der Waals surface area contributed by atoms with Crippen molar-refractivity contribution in [2.24, 2.45) is 0 Å². The molecule has 0 bridgehead atoms. The summed E-state index contributed by atoms with van der Waals surface area (Å²) in [4.78, 5) is 11.7. The standard InChI is InChI=1S/C20H21NO5/c22-17(19(23)16-13-25-18-9-5-4-8-15(16)18)10-11-21-20(24)26-12-14-6-2-1-3-7-14/h1-9,13,17,19,22-23H,10-12H2,(H,21,24). The van der Waals surface area contributed by atoms with Gasteiger partial charge in [0.15, 0.2) is 0 Å². The molecule has 6 nitrogen and oxygen atoms in total. The first-order valence-electron chi connectivity index (χ1n) is 8.42. The molecule has 0 saturated heterocycles. The van der Waals surface area contributed by atoms with Crippen LogP contribution in [0.25, 0.3) is 11.0 Å². The first-order valence-corrected chi connectivity index (χ1v) is 8.42. The van der Waals surface area contributed by atoms with E-state index in [1.807, 2.05) is 48.5 Å². The molecule has 26 heavy (non-hydrogen) atoms. The SMILES string of the molecule is O=C(NCCC(O)C(O)c1coc2ccccc12)OCc1ccccc1. The van der Waals surface area contributed by atoms with Crippen molar-refractivity contribution in [2.75, 3.05) is 6.54 Å². The molecule has 2 atom stereocenters. The summed E-state index contributed by atoms with van der Waals surface area (Å²) in [6.07, 6.45) is -1.07. The Kier molecular flexibility index (Phi) is 5.88. The van der Waals surface area contributed by atoms with Crippen molar-refractivity contribution < 1.29 is 24.2 Å². The van der Waals surface area contributed by atoms with E-state index in [0.717, 1.165) is 10.9 Å². The minimum Gasteiger partial charge on any atom is -0.464 e. The Balaban J connectivity index is 1.44. The van der Waals surface area contributed by atoms with Gasteiger partial charge >= 0.3 is 6.09 Å². The fraction of sp³-hybridized carbons (Fsp3) is 0.250. The molecule has 3 aromatic rings. The van der Waals surface area contributed by atoms with Gasteiger partial charge in [-0.2, -0.15) is 0 Å². The quantitative estimate of drug-likeness (QED) is 0.605. The highest BCUT2D eigenvalue weighted by Crippen LogP contribution is 2.28. The number of aliphatic hydroxyl groups excluding tert-OH is 2. The number of rotatable bonds is 7. The Morgan fingerprint density at radius 3 is 2.62 bits per heavy atom. The summed E-state index contributed by atoms with van der Waals surface area (Å²) in [6.45, 7) is 0.362. The normalized spacial score (nSPS) is 13.3. The molecule has 3 rings (SSSR count). The molecule has 1 aromatic heterocycles. The van der Waals surface area contributed by atoms with E-state index in [1.165, 1.54) is 6.26 Å². The summed E-state index contributed by atoms with van der Waals surface area (Å²) in [5.74, 6) is 0. The summed E-state index contributed by atoms with van der Waals surface area (Å²) in [5, 5.41) is 23.8. The number of hydrogen-bond acceptors (Lipinski definition) is 5. The zero-order valence-corrected chi connectivity index (χ0v) is 14.2. The molecule has 0 fully saturated rings. The number of ether oxygens (including phenoxy) is 1. The summed E-state index contributed by atoms with van der Waals surface area (Å²) < 4.78 is 10.5. The highest BCUT2D eigenvalue weighted by molar-refractivity contribution is 5.81. The van der Waals surface area contributed by atoms with Crippen LogP contribution in [-0.2, 0) is 11.3 Å². The topological polar surface area (TPSA) is 91.9 Å². The second-order valence-electron chi connectivity index (χ2n) is 5.98. The lowest BCUT2D eigenvalue weighted by atomic mass is 10.0. The number of hydrogen-bond donors (Lipinski definition) is 3. The monoisotopic (exact) mass is 355 g/mol. The third kappa shape index (κ3) is 4.41. The Labute approximate surface area is 151 Å². The zero-order valence-electron chi connectivity index (χ0n) is 14.2. The van der Waals surface area contributed by atoms with Crippen molar-refractivity contribution >= 4 is 17.1 Å². The largest absolute Gasteiger partial charge is 0.464 e. The second kappa shape index (κ2) is 8.51. The molecule has 0 saturated carbocycles. The average Bonchev–Trinajstić information content (AvgIpc) is 3.10. The minimum atomic E-state index is -1.10. The number of fused-ring (bicyclic) bond motifs is 1. The lowest BCUT2D eigenvalue weighted by Crippen LogP contribution is -2.29.